The first-order valence-corrected chi connectivity index (χ1v) is 19.7. The highest BCUT2D eigenvalue weighted by Crippen LogP contribution is 2.49. The minimum Gasteiger partial charge on any atom is -0.307 e. The van der Waals surface area contributed by atoms with E-state index in [0.29, 0.717) is 45.0 Å². The van der Waals surface area contributed by atoms with Crippen LogP contribution < -0.4 is 9.80 Å². The molecular weight excluding hydrogens is 781 g/mol. The van der Waals surface area contributed by atoms with Gasteiger partial charge in [0.2, 0.25) is 0 Å². The number of hydrogen-bond acceptors (Lipinski definition) is 4. The van der Waals surface area contributed by atoms with Crippen molar-refractivity contribution in [3.63, 3.8) is 0 Å². The van der Waals surface area contributed by atoms with E-state index in [2.05, 4.69) is 0 Å². The quantitative estimate of drug-likeness (QED) is 0.113. The van der Waals surface area contributed by atoms with E-state index in [1.165, 1.54) is 24.3 Å². The fourth-order valence-electron chi connectivity index (χ4n) is 8.44. The average molecular weight is 811 g/mol. The molecule has 0 aliphatic heterocycles. The van der Waals surface area contributed by atoms with Gasteiger partial charge in [0.15, 0.2) is 0 Å². The monoisotopic (exact) mass is 810 g/mol. The first kappa shape index (κ1) is 37.8. The van der Waals surface area contributed by atoms with Gasteiger partial charge in [-0.05, 0) is 105 Å². The van der Waals surface area contributed by atoms with E-state index in [1.807, 2.05) is 121 Å². The molecule has 62 heavy (non-hydrogen) atoms. The van der Waals surface area contributed by atoms with Gasteiger partial charge in [0.05, 0.1) is 46.0 Å². The van der Waals surface area contributed by atoms with Crippen LogP contribution in [0.5, 0.6) is 0 Å². The molecule has 0 saturated carbocycles. The molecule has 0 aliphatic rings. The Hall–Kier alpha value is -8.46. The molecule has 10 rings (SSSR count). The molecule has 0 amide bonds. The van der Waals surface area contributed by atoms with Gasteiger partial charge in [-0.2, -0.15) is 10.5 Å². The Morgan fingerprint density at radius 1 is 0.355 bits per heavy atom. The maximum absolute atomic E-state index is 16.6. The third-order valence-corrected chi connectivity index (χ3v) is 11.3. The fourth-order valence-corrected chi connectivity index (χ4v) is 8.44. The minimum absolute atomic E-state index is 0.000902. The summed E-state index contributed by atoms with van der Waals surface area (Å²) in [5, 5.41) is 23.5. The van der Waals surface area contributed by atoms with E-state index in [4.69, 9.17) is 0 Å². The lowest BCUT2D eigenvalue weighted by atomic mass is 9.91. The van der Waals surface area contributed by atoms with E-state index in [-0.39, 0.29) is 22.5 Å². The molecule has 10 aromatic rings. The molecule has 4 nitrogen and oxygen atoms in total. The van der Waals surface area contributed by atoms with Gasteiger partial charge in [-0.3, -0.25) is 0 Å². The highest BCUT2D eigenvalue weighted by Gasteiger charge is 2.26. The second kappa shape index (κ2) is 15.3. The molecule has 0 bridgehead atoms. The lowest BCUT2D eigenvalue weighted by molar-refractivity contribution is 0.604. The number of para-hydroxylation sites is 2. The van der Waals surface area contributed by atoms with Crippen LogP contribution in [0.3, 0.4) is 0 Å². The molecule has 0 heterocycles. The van der Waals surface area contributed by atoms with E-state index >= 15 is 17.6 Å². The Kier molecular flexibility index (Phi) is 9.32. The van der Waals surface area contributed by atoms with Crippen molar-refractivity contribution >= 4 is 66.4 Å². The summed E-state index contributed by atoms with van der Waals surface area (Å²) in [6, 6.07) is 55.5. The number of anilines is 6. The number of benzene rings is 10. The van der Waals surface area contributed by atoms with Crippen molar-refractivity contribution in [1.82, 2.24) is 0 Å². The van der Waals surface area contributed by atoms with Crippen LogP contribution in [0.15, 0.2) is 182 Å². The summed E-state index contributed by atoms with van der Waals surface area (Å²) in [7, 11) is 0. The predicted molar refractivity (Wildman–Crippen MR) is 240 cm³/mol. The average Bonchev–Trinajstić information content (AvgIpc) is 3.32. The molecule has 0 spiro atoms. The van der Waals surface area contributed by atoms with Crippen LogP contribution in [0.1, 0.15) is 11.1 Å². The molecule has 0 fully saturated rings. The highest BCUT2D eigenvalue weighted by molar-refractivity contribution is 6.28. The highest BCUT2D eigenvalue weighted by atomic mass is 19.1. The van der Waals surface area contributed by atoms with Crippen LogP contribution in [-0.4, -0.2) is 0 Å². The predicted octanol–water partition coefficient (Wildman–Crippen LogP) is 15.2. The van der Waals surface area contributed by atoms with Crippen LogP contribution >= 0.6 is 0 Å². The van der Waals surface area contributed by atoms with Crippen molar-refractivity contribution in [3.05, 3.63) is 216 Å². The van der Waals surface area contributed by atoms with Gasteiger partial charge in [0.1, 0.15) is 23.3 Å². The maximum Gasteiger partial charge on any atom is 0.148 e. The molecule has 8 heteroatoms. The SMILES string of the molecule is N#Cc1ccc(-c2cc(F)c(N(c3ccccc3)c3ccc4ccc5c(N(c6ccccc6)c6cc(F)c(-c7ccc(C#N)cc7)cc6F)ccc6ccc3c4c65)cc2F)cc1. The summed E-state index contributed by atoms with van der Waals surface area (Å²) in [5.74, 6) is -2.57. The topological polar surface area (TPSA) is 54.1 Å². The Bertz CT molecular complexity index is 3180. The van der Waals surface area contributed by atoms with E-state index < -0.39 is 23.3 Å². The van der Waals surface area contributed by atoms with Crippen molar-refractivity contribution in [1.29, 1.82) is 10.5 Å². The van der Waals surface area contributed by atoms with Crippen LogP contribution in [-0.2, 0) is 0 Å². The summed E-state index contributed by atoms with van der Waals surface area (Å²) >= 11 is 0. The number of nitriles is 2. The third kappa shape index (κ3) is 6.39. The van der Waals surface area contributed by atoms with E-state index in [0.717, 1.165) is 32.3 Å². The van der Waals surface area contributed by atoms with Gasteiger partial charge in [-0.25, -0.2) is 17.6 Å². The van der Waals surface area contributed by atoms with Crippen LogP contribution in [0, 0.1) is 45.9 Å². The van der Waals surface area contributed by atoms with Crippen molar-refractivity contribution in [3.8, 4) is 34.4 Å². The largest absolute Gasteiger partial charge is 0.307 e. The molecule has 294 valence electrons. The van der Waals surface area contributed by atoms with Gasteiger partial charge in [-0.1, -0.05) is 97.1 Å². The lowest BCUT2D eigenvalue weighted by Gasteiger charge is -2.30. The van der Waals surface area contributed by atoms with Gasteiger partial charge in [-0.15, -0.1) is 0 Å². The number of halogens is 4. The Morgan fingerprint density at radius 3 is 1.10 bits per heavy atom. The summed E-state index contributed by atoms with van der Waals surface area (Å²) in [5.41, 5.74) is 4.21. The third-order valence-electron chi connectivity index (χ3n) is 11.3. The van der Waals surface area contributed by atoms with Crippen molar-refractivity contribution in [2.45, 2.75) is 0 Å². The zero-order valence-corrected chi connectivity index (χ0v) is 32.6. The van der Waals surface area contributed by atoms with Gasteiger partial charge >= 0.3 is 0 Å². The fraction of sp³-hybridized carbons (Fsp3) is 0. The molecular formula is C54H30F4N4. The van der Waals surface area contributed by atoms with Gasteiger partial charge < -0.3 is 9.80 Å². The number of nitrogens with zero attached hydrogens (tertiary/aromatic N) is 4. The Balaban J connectivity index is 1.17. The zero-order valence-electron chi connectivity index (χ0n) is 32.6. The second-order valence-corrected chi connectivity index (χ2v) is 14.9. The number of hydrogen-bond donors (Lipinski definition) is 0. The van der Waals surface area contributed by atoms with E-state index in [1.54, 1.807) is 58.3 Å². The first-order valence-electron chi connectivity index (χ1n) is 19.7. The standard InChI is InChI=1S/C54H30F4N4/c55-45-29-51(47(57)27-43(45)35-15-11-33(31-59)12-16-35)61(39-7-3-1-4-8-39)49-25-21-37-20-24-42-50(26-22-38-19-23-41(49)53(37)54(38)42)62(40-9-5-2-6-10-40)52-30-46(56)44(28-48(52)58)36-17-13-34(32-60)14-18-36/h1-30H. The summed E-state index contributed by atoms with van der Waals surface area (Å²) in [4.78, 5) is 3.41. The maximum atomic E-state index is 16.6. The zero-order chi connectivity index (χ0) is 42.5. The van der Waals surface area contributed by atoms with Gasteiger partial charge in [0.25, 0.3) is 0 Å². The van der Waals surface area contributed by atoms with Crippen molar-refractivity contribution < 1.29 is 17.6 Å². The molecule has 0 saturated heterocycles. The van der Waals surface area contributed by atoms with Crippen molar-refractivity contribution in [2.75, 3.05) is 9.80 Å². The Labute approximate surface area is 353 Å². The minimum atomic E-state index is -0.652. The summed E-state index contributed by atoms with van der Waals surface area (Å²) in [6.07, 6.45) is 0. The summed E-state index contributed by atoms with van der Waals surface area (Å²) in [6.45, 7) is 0. The molecule has 0 N–H and O–H groups in total. The van der Waals surface area contributed by atoms with Gasteiger partial charge in [0, 0.05) is 45.4 Å². The van der Waals surface area contributed by atoms with Crippen LogP contribution in [0.2, 0.25) is 0 Å². The molecule has 0 aliphatic carbocycles. The Morgan fingerprint density at radius 2 is 0.726 bits per heavy atom. The second-order valence-electron chi connectivity index (χ2n) is 14.9. The molecule has 0 atom stereocenters. The molecule has 0 unspecified atom stereocenters. The first-order chi connectivity index (χ1) is 30.3. The molecule has 0 aromatic heterocycles. The van der Waals surface area contributed by atoms with Crippen molar-refractivity contribution in [2.24, 2.45) is 0 Å². The molecule has 10 aromatic carbocycles. The lowest BCUT2D eigenvalue weighted by Crippen LogP contribution is -2.14. The number of rotatable bonds is 8. The van der Waals surface area contributed by atoms with Crippen LogP contribution in [0.25, 0.3) is 54.6 Å². The van der Waals surface area contributed by atoms with E-state index in [9.17, 15) is 10.5 Å². The smallest absolute Gasteiger partial charge is 0.148 e. The normalized spacial score (nSPS) is 11.2. The summed E-state index contributed by atoms with van der Waals surface area (Å²) < 4.78 is 65.6. The van der Waals surface area contributed by atoms with Crippen LogP contribution in [0.4, 0.5) is 51.7 Å². The molecule has 0 radical (unpaired) electrons.